The van der Waals surface area contributed by atoms with Crippen molar-refractivity contribution in [3.63, 3.8) is 0 Å². The normalized spacial score (nSPS) is 20.1. The van der Waals surface area contributed by atoms with Crippen molar-refractivity contribution in [3.8, 4) is 0 Å². The van der Waals surface area contributed by atoms with Gasteiger partial charge in [-0.05, 0) is 36.0 Å². The van der Waals surface area contributed by atoms with Gasteiger partial charge in [0.25, 0.3) is 0 Å². The SMILES string of the molecule is COC(=O)CCN1C(=S)N[C@@H](c2ccccn2)[C@@H]1c1ccn(C)c1. The molecule has 1 N–H and O–H groups in total. The van der Waals surface area contributed by atoms with E-state index in [-0.39, 0.29) is 24.5 Å². The summed E-state index contributed by atoms with van der Waals surface area (Å²) in [4.78, 5) is 18.1. The van der Waals surface area contributed by atoms with Gasteiger partial charge in [0.15, 0.2) is 5.11 Å². The minimum atomic E-state index is -0.245. The quantitative estimate of drug-likeness (QED) is 0.661. The summed E-state index contributed by atoms with van der Waals surface area (Å²) >= 11 is 5.52. The van der Waals surface area contributed by atoms with Gasteiger partial charge in [0.2, 0.25) is 0 Å². The first-order valence-electron chi connectivity index (χ1n) is 7.77. The van der Waals surface area contributed by atoms with Gasteiger partial charge >= 0.3 is 5.97 Å². The Morgan fingerprint density at radius 2 is 2.25 bits per heavy atom. The van der Waals surface area contributed by atoms with Crippen molar-refractivity contribution in [2.75, 3.05) is 13.7 Å². The lowest BCUT2D eigenvalue weighted by atomic mass is 9.99. The van der Waals surface area contributed by atoms with E-state index >= 15 is 0 Å². The standard InChI is InChI=1S/C17H20N4O2S/c1-20-9-6-12(11-20)16-15(13-5-3-4-8-18-13)19-17(24)21(16)10-7-14(22)23-2/h3-6,8-9,11,15-16H,7,10H2,1-2H3,(H,19,24)/t15-,16-/m0/s1. The number of pyridine rings is 1. The Kier molecular flexibility index (Phi) is 4.80. The molecular formula is C17H20N4O2S. The van der Waals surface area contributed by atoms with Crippen LogP contribution in [-0.4, -0.2) is 39.2 Å². The van der Waals surface area contributed by atoms with Crippen LogP contribution in [0, 0.1) is 0 Å². The third kappa shape index (κ3) is 3.26. The highest BCUT2D eigenvalue weighted by Gasteiger charge is 2.40. The van der Waals surface area contributed by atoms with E-state index in [0.29, 0.717) is 11.7 Å². The largest absolute Gasteiger partial charge is 0.469 e. The lowest BCUT2D eigenvalue weighted by Crippen LogP contribution is -2.31. The zero-order valence-electron chi connectivity index (χ0n) is 13.7. The van der Waals surface area contributed by atoms with E-state index < -0.39 is 0 Å². The number of rotatable bonds is 5. The number of nitrogens with zero attached hydrogens (tertiary/aromatic N) is 3. The molecule has 1 aliphatic rings. The summed E-state index contributed by atoms with van der Waals surface area (Å²) in [6, 6.07) is 7.84. The van der Waals surface area contributed by atoms with E-state index in [1.165, 1.54) is 7.11 Å². The Hall–Kier alpha value is -2.41. The highest BCUT2D eigenvalue weighted by atomic mass is 32.1. The monoisotopic (exact) mass is 344 g/mol. The van der Waals surface area contributed by atoms with Crippen LogP contribution in [0.2, 0.25) is 0 Å². The Bertz CT molecular complexity index is 731. The van der Waals surface area contributed by atoms with Crippen LogP contribution in [0.5, 0.6) is 0 Å². The Balaban J connectivity index is 1.92. The molecule has 0 saturated carbocycles. The van der Waals surface area contributed by atoms with Crippen LogP contribution in [0.1, 0.15) is 29.8 Å². The number of esters is 1. The summed E-state index contributed by atoms with van der Waals surface area (Å²) < 4.78 is 6.76. The molecule has 2 aromatic rings. The van der Waals surface area contributed by atoms with E-state index in [2.05, 4.69) is 22.6 Å². The first-order valence-corrected chi connectivity index (χ1v) is 8.17. The second kappa shape index (κ2) is 7.00. The fraction of sp³-hybridized carbons (Fsp3) is 0.353. The van der Waals surface area contributed by atoms with Crippen LogP contribution >= 0.6 is 12.2 Å². The lowest BCUT2D eigenvalue weighted by molar-refractivity contribution is -0.140. The molecule has 0 unspecified atom stereocenters. The first kappa shape index (κ1) is 16.4. The van der Waals surface area contributed by atoms with Crippen molar-refractivity contribution in [1.82, 2.24) is 19.8 Å². The number of nitrogens with one attached hydrogen (secondary N) is 1. The fourth-order valence-electron chi connectivity index (χ4n) is 3.02. The summed E-state index contributed by atoms with van der Waals surface area (Å²) in [6.45, 7) is 0.501. The van der Waals surface area contributed by atoms with E-state index in [0.717, 1.165) is 11.3 Å². The zero-order valence-corrected chi connectivity index (χ0v) is 14.5. The van der Waals surface area contributed by atoms with Crippen LogP contribution in [0.4, 0.5) is 0 Å². The molecule has 1 saturated heterocycles. The number of hydrogen-bond donors (Lipinski definition) is 1. The number of aryl methyl sites for hydroxylation is 1. The molecule has 126 valence electrons. The first-order chi connectivity index (χ1) is 11.6. The second-order valence-corrected chi connectivity index (χ2v) is 6.14. The predicted molar refractivity (Wildman–Crippen MR) is 94.2 cm³/mol. The molecule has 0 aromatic carbocycles. The van der Waals surface area contributed by atoms with Crippen molar-refractivity contribution in [2.45, 2.75) is 18.5 Å². The maximum Gasteiger partial charge on any atom is 0.307 e. The van der Waals surface area contributed by atoms with Crippen LogP contribution in [0.25, 0.3) is 0 Å². The summed E-state index contributed by atoms with van der Waals surface area (Å²) in [5.74, 6) is -0.245. The van der Waals surface area contributed by atoms with Crippen LogP contribution in [0.15, 0.2) is 42.9 Å². The summed E-state index contributed by atoms with van der Waals surface area (Å²) in [6.07, 6.45) is 6.14. The van der Waals surface area contributed by atoms with Gasteiger partial charge in [-0.1, -0.05) is 6.07 Å². The molecule has 6 nitrogen and oxygen atoms in total. The smallest absolute Gasteiger partial charge is 0.307 e. The number of ether oxygens (including phenoxy) is 1. The maximum atomic E-state index is 11.5. The van der Waals surface area contributed by atoms with Crippen LogP contribution < -0.4 is 5.32 Å². The molecule has 1 aliphatic heterocycles. The Morgan fingerprint density at radius 1 is 1.42 bits per heavy atom. The second-order valence-electron chi connectivity index (χ2n) is 5.76. The van der Waals surface area contributed by atoms with Crippen molar-refractivity contribution in [2.24, 2.45) is 7.05 Å². The van der Waals surface area contributed by atoms with Crippen molar-refractivity contribution in [1.29, 1.82) is 0 Å². The fourth-order valence-corrected chi connectivity index (χ4v) is 3.36. The Labute approximate surface area is 146 Å². The van der Waals surface area contributed by atoms with Gasteiger partial charge in [-0.2, -0.15) is 0 Å². The van der Waals surface area contributed by atoms with Gasteiger partial charge in [0.05, 0.1) is 31.3 Å². The van der Waals surface area contributed by atoms with Gasteiger partial charge in [-0.25, -0.2) is 0 Å². The number of aromatic nitrogens is 2. The van der Waals surface area contributed by atoms with Crippen LogP contribution in [0.3, 0.4) is 0 Å². The molecule has 0 amide bonds. The molecular weight excluding hydrogens is 324 g/mol. The van der Waals surface area contributed by atoms with E-state index in [9.17, 15) is 4.79 Å². The molecule has 0 aliphatic carbocycles. The van der Waals surface area contributed by atoms with E-state index in [1.807, 2.05) is 40.9 Å². The summed E-state index contributed by atoms with van der Waals surface area (Å²) in [5.41, 5.74) is 2.06. The van der Waals surface area contributed by atoms with Crippen molar-refractivity contribution >= 4 is 23.3 Å². The van der Waals surface area contributed by atoms with E-state index in [4.69, 9.17) is 17.0 Å². The van der Waals surface area contributed by atoms with Crippen molar-refractivity contribution < 1.29 is 9.53 Å². The zero-order chi connectivity index (χ0) is 17.1. The average Bonchev–Trinajstić information content (AvgIpc) is 3.16. The van der Waals surface area contributed by atoms with Gasteiger partial charge < -0.3 is 19.5 Å². The molecule has 2 aromatic heterocycles. The minimum Gasteiger partial charge on any atom is -0.469 e. The minimum absolute atomic E-state index is 0.0155. The molecule has 2 atom stereocenters. The number of carbonyl (C=O) groups excluding carboxylic acids is 1. The molecule has 0 spiro atoms. The molecule has 0 bridgehead atoms. The molecule has 3 heterocycles. The molecule has 24 heavy (non-hydrogen) atoms. The topological polar surface area (TPSA) is 59.4 Å². The molecule has 3 rings (SSSR count). The van der Waals surface area contributed by atoms with Gasteiger partial charge in [0.1, 0.15) is 0 Å². The molecule has 7 heteroatoms. The number of carbonyl (C=O) groups is 1. The third-order valence-electron chi connectivity index (χ3n) is 4.18. The summed E-state index contributed by atoms with van der Waals surface area (Å²) in [5, 5.41) is 3.98. The van der Waals surface area contributed by atoms with Crippen LogP contribution in [-0.2, 0) is 16.6 Å². The summed E-state index contributed by atoms with van der Waals surface area (Å²) in [7, 11) is 3.38. The number of methoxy groups -OCH3 is 1. The molecule has 1 fully saturated rings. The average molecular weight is 344 g/mol. The highest BCUT2D eigenvalue weighted by molar-refractivity contribution is 7.80. The van der Waals surface area contributed by atoms with Crippen molar-refractivity contribution in [3.05, 3.63) is 54.1 Å². The predicted octanol–water partition coefficient (Wildman–Crippen LogP) is 1.96. The lowest BCUT2D eigenvalue weighted by Gasteiger charge is -2.26. The van der Waals surface area contributed by atoms with Gasteiger partial charge in [0, 0.05) is 32.2 Å². The number of thiocarbonyl (C=S) groups is 1. The Morgan fingerprint density at radius 3 is 2.88 bits per heavy atom. The maximum absolute atomic E-state index is 11.5. The van der Waals surface area contributed by atoms with E-state index in [1.54, 1.807) is 6.20 Å². The number of hydrogen-bond acceptors (Lipinski definition) is 4. The molecule has 0 radical (unpaired) electrons. The van der Waals surface area contributed by atoms with Gasteiger partial charge in [-0.15, -0.1) is 0 Å². The van der Waals surface area contributed by atoms with Gasteiger partial charge in [-0.3, -0.25) is 9.78 Å². The highest BCUT2D eigenvalue weighted by Crippen LogP contribution is 2.38. The third-order valence-corrected chi connectivity index (χ3v) is 4.53.